The second-order valence-electron chi connectivity index (χ2n) is 14.2. The molecule has 1 aromatic heterocycles. The van der Waals surface area contributed by atoms with Crippen molar-refractivity contribution >= 4 is 23.4 Å². The molecule has 0 aliphatic rings. The zero-order valence-electron chi connectivity index (χ0n) is 30.9. The highest BCUT2D eigenvalue weighted by Gasteiger charge is 2.33. The van der Waals surface area contributed by atoms with Gasteiger partial charge in [-0.2, -0.15) is 0 Å². The molecule has 7 aromatic rings. The van der Waals surface area contributed by atoms with Gasteiger partial charge >= 0.3 is 0 Å². The summed E-state index contributed by atoms with van der Waals surface area (Å²) >= 11 is 0. The zero-order valence-corrected chi connectivity index (χ0v) is 30.9. The van der Waals surface area contributed by atoms with E-state index in [1.807, 2.05) is 18.3 Å². The molecule has 256 valence electrons. The van der Waals surface area contributed by atoms with Gasteiger partial charge in [-0.1, -0.05) is 156 Å². The van der Waals surface area contributed by atoms with Gasteiger partial charge in [-0.25, -0.2) is 0 Å². The van der Waals surface area contributed by atoms with Crippen molar-refractivity contribution in [3.8, 4) is 55.8 Å². The highest BCUT2D eigenvalue weighted by molar-refractivity contribution is 5.98. The molecule has 0 aliphatic heterocycles. The fraction of sp³-hybridized carbons (Fsp3) is 0.157. The lowest BCUT2D eigenvalue weighted by Gasteiger charge is -2.37. The molecule has 1 heterocycles. The average Bonchev–Trinajstić information content (AvgIpc) is 3.20. The van der Waals surface area contributed by atoms with Gasteiger partial charge < -0.3 is 0 Å². The molecule has 0 N–H and O–H groups in total. The second-order valence-corrected chi connectivity index (χ2v) is 14.2. The summed E-state index contributed by atoms with van der Waals surface area (Å²) in [7, 11) is 0. The van der Waals surface area contributed by atoms with Crippen LogP contribution in [-0.2, 0) is 5.41 Å². The lowest BCUT2D eigenvalue weighted by molar-refractivity contribution is 0.296. The van der Waals surface area contributed by atoms with Gasteiger partial charge in [0, 0.05) is 11.8 Å². The number of hydrogen-bond donors (Lipinski definition) is 0. The van der Waals surface area contributed by atoms with E-state index in [4.69, 9.17) is 4.98 Å². The number of benzene rings is 6. The standard InChI is InChI=1S/C51H47N/c1-7-17-44-35(4)18-14-24-46(44)42-31-41(32-43(33-42)47-25-16-20-37-19-10-11-23-45(37)47)39-22-15-21-38(30-39)40-27-28-49(51(6,9-3)36(5)8-2)48(34-40)50-26-12-13-29-52-50/h7,10-34,36H,1,4,8-9H2,2-3,5-6H3/b44-17+. The van der Waals surface area contributed by atoms with Crippen LogP contribution in [0, 0.1) is 5.92 Å². The first-order valence-electron chi connectivity index (χ1n) is 18.6. The maximum Gasteiger partial charge on any atom is 0.0705 e. The minimum absolute atomic E-state index is 0.0353. The topological polar surface area (TPSA) is 12.9 Å². The molecular weight excluding hydrogens is 627 g/mol. The lowest BCUT2D eigenvalue weighted by Crippen LogP contribution is -2.30. The highest BCUT2D eigenvalue weighted by Crippen LogP contribution is 2.44. The minimum atomic E-state index is 0.0353. The van der Waals surface area contributed by atoms with E-state index in [0.29, 0.717) is 5.92 Å². The van der Waals surface area contributed by atoms with Crippen LogP contribution in [-0.4, -0.2) is 4.98 Å². The van der Waals surface area contributed by atoms with Crippen LogP contribution in [0.15, 0.2) is 158 Å². The average molecular weight is 674 g/mol. The van der Waals surface area contributed by atoms with Gasteiger partial charge in [0.15, 0.2) is 0 Å². The van der Waals surface area contributed by atoms with Crippen molar-refractivity contribution in [2.24, 2.45) is 5.92 Å². The minimum Gasteiger partial charge on any atom is -0.256 e. The van der Waals surface area contributed by atoms with E-state index in [-0.39, 0.29) is 5.41 Å². The molecule has 0 saturated heterocycles. The molecule has 1 nitrogen and oxygen atoms in total. The number of aromatic nitrogens is 1. The summed E-state index contributed by atoms with van der Waals surface area (Å²) in [5.41, 5.74) is 13.0. The fourth-order valence-electron chi connectivity index (χ4n) is 7.85. The SMILES string of the molecule is C=C/C=c1/c(-c2cc(-c3cccc(-c4ccc(C(C)(CC)C(C)CC)c(-c5ccccn5)c4)c3)cc(-c3cccc4ccccc34)c2)cccc1=C. The third-order valence-corrected chi connectivity index (χ3v) is 11.4. The Morgan fingerprint density at radius 3 is 2.02 bits per heavy atom. The van der Waals surface area contributed by atoms with Crippen molar-refractivity contribution in [3.05, 3.63) is 174 Å². The van der Waals surface area contributed by atoms with Gasteiger partial charge in [-0.15, -0.1) is 0 Å². The van der Waals surface area contributed by atoms with E-state index >= 15 is 0 Å². The Labute approximate surface area is 309 Å². The molecule has 6 aromatic carbocycles. The van der Waals surface area contributed by atoms with E-state index in [1.54, 1.807) is 0 Å². The summed E-state index contributed by atoms with van der Waals surface area (Å²) in [4.78, 5) is 4.85. The van der Waals surface area contributed by atoms with Gasteiger partial charge in [0.05, 0.1) is 5.69 Å². The normalized spacial score (nSPS) is 13.5. The Balaban J connectivity index is 1.42. The Hall–Kier alpha value is -5.79. The Bertz CT molecular complexity index is 2500. The van der Waals surface area contributed by atoms with E-state index in [2.05, 4.69) is 180 Å². The molecule has 2 unspecified atom stereocenters. The molecule has 2 atom stereocenters. The van der Waals surface area contributed by atoms with Crippen LogP contribution in [0.4, 0.5) is 0 Å². The van der Waals surface area contributed by atoms with Gasteiger partial charge in [-0.05, 0) is 131 Å². The van der Waals surface area contributed by atoms with E-state index in [0.717, 1.165) is 40.1 Å². The number of fused-ring (bicyclic) bond motifs is 1. The third kappa shape index (κ3) is 6.56. The van der Waals surface area contributed by atoms with Crippen LogP contribution >= 0.6 is 0 Å². The Morgan fingerprint density at radius 1 is 0.635 bits per heavy atom. The molecule has 0 spiro atoms. The van der Waals surface area contributed by atoms with Crippen molar-refractivity contribution in [3.63, 3.8) is 0 Å². The number of allylic oxidation sites excluding steroid dienone is 1. The second kappa shape index (κ2) is 14.8. The quantitative estimate of drug-likeness (QED) is 0.141. The molecule has 0 aliphatic carbocycles. The molecule has 0 radical (unpaired) electrons. The van der Waals surface area contributed by atoms with E-state index in [1.165, 1.54) is 55.3 Å². The first-order chi connectivity index (χ1) is 25.3. The molecular formula is C51H47N. The molecule has 0 saturated carbocycles. The fourth-order valence-corrected chi connectivity index (χ4v) is 7.85. The monoisotopic (exact) mass is 673 g/mol. The Morgan fingerprint density at radius 2 is 1.27 bits per heavy atom. The molecule has 0 bridgehead atoms. The summed E-state index contributed by atoms with van der Waals surface area (Å²) < 4.78 is 0. The van der Waals surface area contributed by atoms with Gasteiger partial charge in [0.25, 0.3) is 0 Å². The number of nitrogens with zero attached hydrogens (tertiary/aromatic N) is 1. The number of pyridine rings is 1. The lowest BCUT2D eigenvalue weighted by atomic mass is 9.67. The molecule has 7 rings (SSSR count). The van der Waals surface area contributed by atoms with Crippen molar-refractivity contribution in [1.29, 1.82) is 0 Å². The van der Waals surface area contributed by atoms with E-state index < -0.39 is 0 Å². The molecule has 52 heavy (non-hydrogen) atoms. The predicted molar refractivity (Wildman–Crippen MR) is 225 cm³/mol. The molecule has 0 amide bonds. The maximum absolute atomic E-state index is 4.85. The van der Waals surface area contributed by atoms with Crippen LogP contribution in [0.1, 0.15) is 46.1 Å². The van der Waals surface area contributed by atoms with Crippen molar-refractivity contribution in [2.45, 2.75) is 46.0 Å². The van der Waals surface area contributed by atoms with Crippen LogP contribution in [0.3, 0.4) is 0 Å². The third-order valence-electron chi connectivity index (χ3n) is 11.4. The maximum atomic E-state index is 4.85. The zero-order chi connectivity index (χ0) is 36.2. The largest absolute Gasteiger partial charge is 0.256 e. The summed E-state index contributed by atoms with van der Waals surface area (Å²) in [6.07, 6.45) is 8.01. The van der Waals surface area contributed by atoms with Gasteiger partial charge in [0.2, 0.25) is 0 Å². The highest BCUT2D eigenvalue weighted by atomic mass is 14.7. The summed E-state index contributed by atoms with van der Waals surface area (Å²) in [6, 6.07) is 50.8. The van der Waals surface area contributed by atoms with Gasteiger partial charge in [0.1, 0.15) is 0 Å². The van der Waals surface area contributed by atoms with Crippen molar-refractivity contribution < 1.29 is 0 Å². The summed E-state index contributed by atoms with van der Waals surface area (Å²) in [6.45, 7) is 17.8. The first-order valence-corrected chi connectivity index (χ1v) is 18.6. The molecule has 0 fully saturated rings. The van der Waals surface area contributed by atoms with Crippen LogP contribution in [0.25, 0.3) is 79.2 Å². The summed E-state index contributed by atoms with van der Waals surface area (Å²) in [5, 5.41) is 4.54. The first kappa shape index (κ1) is 34.6. The van der Waals surface area contributed by atoms with Crippen LogP contribution in [0.5, 0.6) is 0 Å². The number of rotatable bonds is 10. The van der Waals surface area contributed by atoms with E-state index in [9.17, 15) is 0 Å². The van der Waals surface area contributed by atoms with Crippen molar-refractivity contribution in [2.75, 3.05) is 0 Å². The van der Waals surface area contributed by atoms with Crippen molar-refractivity contribution in [1.82, 2.24) is 4.98 Å². The van der Waals surface area contributed by atoms with Crippen LogP contribution < -0.4 is 10.4 Å². The van der Waals surface area contributed by atoms with Gasteiger partial charge in [-0.3, -0.25) is 4.98 Å². The van der Waals surface area contributed by atoms with Crippen LogP contribution in [0.2, 0.25) is 0 Å². The molecule has 1 heteroatoms. The smallest absolute Gasteiger partial charge is 0.0705 e. The number of hydrogen-bond acceptors (Lipinski definition) is 1. The Kier molecular flexibility index (Phi) is 9.88. The predicted octanol–water partition coefficient (Wildman–Crippen LogP) is 12.7. The summed E-state index contributed by atoms with van der Waals surface area (Å²) in [5.74, 6) is 0.533.